The first-order valence-corrected chi connectivity index (χ1v) is 26.1. The zero-order valence-corrected chi connectivity index (χ0v) is 42.7. The van der Waals surface area contributed by atoms with E-state index in [-0.39, 0.29) is 58.0 Å². The smallest absolute Gasteiger partial charge is 0.465 e. The number of rotatable bonds is 29. The minimum absolute atomic E-state index is 0.0558. The van der Waals surface area contributed by atoms with Crippen molar-refractivity contribution in [3.63, 3.8) is 0 Å². The van der Waals surface area contributed by atoms with Gasteiger partial charge in [0.2, 0.25) is 0 Å². The summed E-state index contributed by atoms with van der Waals surface area (Å²) in [6, 6.07) is 22.4. The topological polar surface area (TPSA) is 181 Å². The molecule has 4 rings (SSSR count). The zero-order chi connectivity index (χ0) is 50.6. The molecular formula is C54H70N2O12Si. The number of nitriles is 1. The molecule has 1 N–H and O–H groups in total. The van der Waals surface area contributed by atoms with E-state index >= 15 is 0 Å². The van der Waals surface area contributed by atoms with Crippen molar-refractivity contribution < 1.29 is 56.5 Å². The Hall–Kier alpha value is -5.68. The highest BCUT2D eigenvalue weighted by molar-refractivity contribution is 6.60. The summed E-state index contributed by atoms with van der Waals surface area (Å²) in [6.45, 7) is 23.5. The average molecular weight is 967 g/mol. The number of fused-ring (bicyclic) bond motifs is 3. The van der Waals surface area contributed by atoms with Gasteiger partial charge in [0.25, 0.3) is 5.70 Å². The second-order valence-electron chi connectivity index (χ2n) is 17.8. The van der Waals surface area contributed by atoms with Crippen LogP contribution in [0.3, 0.4) is 0 Å². The molecule has 4 atom stereocenters. The van der Waals surface area contributed by atoms with E-state index in [0.717, 1.165) is 17.5 Å². The van der Waals surface area contributed by atoms with Crippen molar-refractivity contribution in [1.82, 2.24) is 0 Å². The molecule has 0 spiro atoms. The van der Waals surface area contributed by atoms with Gasteiger partial charge in [0.05, 0.1) is 54.8 Å². The lowest BCUT2D eigenvalue weighted by Crippen LogP contribution is -2.46. The Labute approximate surface area is 409 Å². The highest BCUT2D eigenvalue weighted by atomic mass is 28.4. The number of nitrogens with zero attached hydrogens (tertiary/aromatic N) is 2. The number of carbonyl (C=O) groups excluding carboxylic acids is 4. The van der Waals surface area contributed by atoms with E-state index in [1.165, 1.54) is 0 Å². The first-order valence-electron chi connectivity index (χ1n) is 24.2. The van der Waals surface area contributed by atoms with Crippen molar-refractivity contribution in [1.29, 1.82) is 5.26 Å². The molecule has 15 heteroatoms. The molecule has 1 aliphatic rings. The van der Waals surface area contributed by atoms with Crippen LogP contribution in [0.25, 0.3) is 21.5 Å². The van der Waals surface area contributed by atoms with E-state index < -0.39 is 55.3 Å². The number of ether oxygens (including phenoxy) is 4. The molecule has 14 nitrogen and oxygen atoms in total. The summed E-state index contributed by atoms with van der Waals surface area (Å²) in [5.74, 6) is -3.05. The second-order valence-corrected chi connectivity index (χ2v) is 20.6. The van der Waals surface area contributed by atoms with Crippen molar-refractivity contribution in [3.05, 3.63) is 112 Å². The summed E-state index contributed by atoms with van der Waals surface area (Å²) >= 11 is 0. The van der Waals surface area contributed by atoms with Crippen LogP contribution < -0.4 is 0 Å². The quantitative estimate of drug-likeness (QED) is 0.0136. The monoisotopic (exact) mass is 966 g/mol. The highest BCUT2D eigenvalue weighted by Crippen LogP contribution is 2.48. The van der Waals surface area contributed by atoms with E-state index in [1.807, 2.05) is 96.1 Å². The second kappa shape index (κ2) is 26.9. The van der Waals surface area contributed by atoms with Crippen LogP contribution in [0.5, 0.6) is 0 Å². The molecule has 69 heavy (non-hydrogen) atoms. The third kappa shape index (κ3) is 14.4. The van der Waals surface area contributed by atoms with Crippen molar-refractivity contribution in [2.45, 2.75) is 119 Å². The zero-order valence-electron chi connectivity index (χ0n) is 41.7. The molecule has 0 aliphatic heterocycles. The summed E-state index contributed by atoms with van der Waals surface area (Å²) in [7, 11) is -3.02. The normalized spacial score (nSPS) is 15.2. The number of carbonyl (C=O) groups is 4. The lowest BCUT2D eigenvalue weighted by atomic mass is 9.66. The molecule has 0 saturated carbocycles. The molecule has 0 saturated heterocycles. The third-order valence-corrected chi connectivity index (χ3v) is 15.7. The summed E-state index contributed by atoms with van der Waals surface area (Å²) < 4.78 is 41.2. The Morgan fingerprint density at radius 3 is 1.96 bits per heavy atom. The number of aliphatic hydroxyl groups excluding tert-OH is 1. The first kappa shape index (κ1) is 55.9. The van der Waals surface area contributed by atoms with Crippen LogP contribution in [0.1, 0.15) is 139 Å². The fourth-order valence-corrected chi connectivity index (χ4v) is 11.6. The van der Waals surface area contributed by atoms with Gasteiger partial charge in [0.15, 0.2) is 0 Å². The van der Waals surface area contributed by atoms with Crippen molar-refractivity contribution in [2.24, 2.45) is 16.7 Å². The van der Waals surface area contributed by atoms with E-state index in [0.29, 0.717) is 78.5 Å². The Kier molecular flexibility index (Phi) is 21.8. The Balaban J connectivity index is 1.66. The van der Waals surface area contributed by atoms with E-state index in [1.54, 1.807) is 32.0 Å². The number of hydrogen-bond acceptors (Lipinski definition) is 13. The molecule has 0 heterocycles. The fraction of sp³-hybridized carbons (Fsp3) is 0.519. The molecular weight excluding hydrogens is 897 g/mol. The first-order chi connectivity index (χ1) is 33.1. The van der Waals surface area contributed by atoms with Crippen LogP contribution in [0.2, 0.25) is 6.04 Å². The van der Waals surface area contributed by atoms with Gasteiger partial charge in [-0.2, -0.15) is 0 Å². The van der Waals surface area contributed by atoms with Crippen LogP contribution in [-0.4, -0.2) is 84.0 Å². The van der Waals surface area contributed by atoms with Crippen LogP contribution in [0.4, 0.5) is 0 Å². The Morgan fingerprint density at radius 2 is 1.38 bits per heavy atom. The highest BCUT2D eigenvalue weighted by Gasteiger charge is 2.47. The minimum atomic E-state index is -3.02. The number of esters is 4. The molecule has 0 radical (unpaired) electrons. The van der Waals surface area contributed by atoms with E-state index in [2.05, 4.69) is 4.85 Å². The van der Waals surface area contributed by atoms with Gasteiger partial charge in [0, 0.05) is 37.0 Å². The SMILES string of the molecule is [C-]#[N+]C(C#N)=C1c2ccccc2-c2c(C(=O)OCc3ccc(C(CC(C)C(=O)OCCO)CC(C)(CC(C)(CC)C(=O)OCCCC)C(=O)OCCC[Si](OCC)(OCC)OCC)cc3)cccc21. The summed E-state index contributed by atoms with van der Waals surface area (Å²) in [5.41, 5.74) is 2.50. The molecule has 4 unspecified atom stereocenters. The van der Waals surface area contributed by atoms with Gasteiger partial charge >= 0.3 is 32.7 Å². The van der Waals surface area contributed by atoms with Gasteiger partial charge in [-0.1, -0.05) is 87.9 Å². The standard InChI is InChI=1S/C54H70N2O12Si/c1-10-15-29-63-51(60)53(7,11-2)37-54(8,52(61)64-30-19-32-69(66-12-3,67-13-4)68-14-5)34-41(33-38(6)49(58)62-31-28-57)40-26-24-39(25-27-40)36-65-50(59)45-23-18-22-44-47(45)42-20-16-17-21-43(42)48(44)46(35-55)56-9/h16-18,20-27,38,41,57H,10-15,19,28-34,36-37H2,1-8H3. The predicted octanol–water partition coefficient (Wildman–Crippen LogP) is 10.4. The molecule has 3 aromatic carbocycles. The summed E-state index contributed by atoms with van der Waals surface area (Å²) in [6.07, 6.45) is 2.91. The lowest BCUT2D eigenvalue weighted by molar-refractivity contribution is -0.165. The number of hydrogen-bond donors (Lipinski definition) is 1. The van der Waals surface area contributed by atoms with E-state index in [4.69, 9.17) is 38.8 Å². The van der Waals surface area contributed by atoms with Gasteiger partial charge in [-0.15, -0.1) is 0 Å². The molecule has 3 aromatic rings. The predicted molar refractivity (Wildman–Crippen MR) is 263 cm³/mol. The van der Waals surface area contributed by atoms with Gasteiger partial charge < -0.3 is 37.3 Å². The van der Waals surface area contributed by atoms with Crippen LogP contribution in [0, 0.1) is 34.7 Å². The molecule has 0 bridgehead atoms. The summed E-state index contributed by atoms with van der Waals surface area (Å²) in [5, 5.41) is 19.2. The molecule has 0 amide bonds. The van der Waals surface area contributed by atoms with Gasteiger partial charge in [-0.25, -0.2) is 14.9 Å². The molecule has 1 aliphatic carbocycles. The van der Waals surface area contributed by atoms with Gasteiger partial charge in [-0.05, 0) is 113 Å². The lowest BCUT2D eigenvalue weighted by Gasteiger charge is -2.38. The number of allylic oxidation sites excluding steroid dienone is 1. The number of unbranched alkanes of at least 4 members (excludes halogenated alkanes) is 1. The largest absolute Gasteiger partial charge is 0.501 e. The maximum Gasteiger partial charge on any atom is 0.501 e. The Morgan fingerprint density at radius 1 is 0.768 bits per heavy atom. The molecule has 0 aromatic heterocycles. The van der Waals surface area contributed by atoms with Crippen molar-refractivity contribution in [2.75, 3.05) is 46.2 Å². The fourth-order valence-electron chi connectivity index (χ4n) is 9.03. The average Bonchev–Trinajstić information content (AvgIpc) is 3.68. The van der Waals surface area contributed by atoms with Crippen LogP contribution >= 0.6 is 0 Å². The van der Waals surface area contributed by atoms with Crippen LogP contribution in [0.15, 0.2) is 72.4 Å². The van der Waals surface area contributed by atoms with Gasteiger partial charge in [-0.3, -0.25) is 14.4 Å². The van der Waals surface area contributed by atoms with E-state index in [9.17, 15) is 29.5 Å². The summed E-state index contributed by atoms with van der Waals surface area (Å²) in [4.78, 5) is 59.0. The number of aliphatic hydroxyl groups is 1. The number of benzene rings is 3. The van der Waals surface area contributed by atoms with Crippen molar-refractivity contribution >= 4 is 38.3 Å². The van der Waals surface area contributed by atoms with Crippen LogP contribution in [-0.2, 0) is 53.2 Å². The minimum Gasteiger partial charge on any atom is -0.465 e. The maximum atomic E-state index is 14.7. The van der Waals surface area contributed by atoms with Crippen molar-refractivity contribution in [3.8, 4) is 17.2 Å². The Bertz CT molecular complexity index is 2300. The third-order valence-electron chi connectivity index (χ3n) is 12.6. The molecule has 0 fully saturated rings. The maximum absolute atomic E-state index is 14.7. The van der Waals surface area contributed by atoms with Gasteiger partial charge in [0.1, 0.15) is 13.2 Å². The molecule has 372 valence electrons.